The van der Waals surface area contributed by atoms with Crippen molar-refractivity contribution < 1.29 is 9.53 Å². The standard InChI is InChI=1S/C13H22O2/c14-13(11-7-3-1-4-8-11)15-12-9-5-2-6-10-12/h11-12H,1-10H2. The lowest BCUT2D eigenvalue weighted by Gasteiger charge is -2.26. The number of rotatable bonds is 2. The summed E-state index contributed by atoms with van der Waals surface area (Å²) >= 11 is 0. The summed E-state index contributed by atoms with van der Waals surface area (Å²) in [7, 11) is 0. The molecule has 2 saturated carbocycles. The predicted molar refractivity (Wildman–Crippen MR) is 59.5 cm³/mol. The fraction of sp³-hybridized carbons (Fsp3) is 0.923. The molecule has 0 heterocycles. The van der Waals surface area contributed by atoms with Crippen LogP contribution in [0.15, 0.2) is 0 Å². The zero-order valence-electron chi connectivity index (χ0n) is 9.54. The van der Waals surface area contributed by atoms with E-state index in [1.807, 2.05) is 0 Å². The summed E-state index contributed by atoms with van der Waals surface area (Å²) in [5, 5.41) is 0. The lowest BCUT2D eigenvalue weighted by Crippen LogP contribution is -2.27. The van der Waals surface area contributed by atoms with Crippen LogP contribution in [0.3, 0.4) is 0 Å². The molecule has 0 bridgehead atoms. The van der Waals surface area contributed by atoms with Gasteiger partial charge in [0.1, 0.15) is 6.10 Å². The summed E-state index contributed by atoms with van der Waals surface area (Å²) in [6.07, 6.45) is 12.1. The largest absolute Gasteiger partial charge is 0.462 e. The molecule has 0 radical (unpaired) electrons. The van der Waals surface area contributed by atoms with Crippen LogP contribution in [-0.2, 0) is 9.53 Å². The van der Waals surface area contributed by atoms with Gasteiger partial charge in [-0.25, -0.2) is 0 Å². The van der Waals surface area contributed by atoms with Crippen LogP contribution < -0.4 is 0 Å². The van der Waals surface area contributed by atoms with Gasteiger partial charge in [0.05, 0.1) is 5.92 Å². The topological polar surface area (TPSA) is 26.3 Å². The van der Waals surface area contributed by atoms with Crippen LogP contribution in [0.25, 0.3) is 0 Å². The number of hydrogen-bond donors (Lipinski definition) is 0. The van der Waals surface area contributed by atoms with Crippen LogP contribution in [-0.4, -0.2) is 12.1 Å². The summed E-state index contributed by atoms with van der Waals surface area (Å²) in [4.78, 5) is 11.8. The highest BCUT2D eigenvalue weighted by Gasteiger charge is 2.25. The van der Waals surface area contributed by atoms with E-state index >= 15 is 0 Å². The maximum absolute atomic E-state index is 11.8. The first-order valence-electron chi connectivity index (χ1n) is 6.57. The maximum atomic E-state index is 11.8. The van der Waals surface area contributed by atoms with Gasteiger partial charge in [-0.05, 0) is 38.5 Å². The smallest absolute Gasteiger partial charge is 0.309 e. The molecule has 0 spiro atoms. The summed E-state index contributed by atoms with van der Waals surface area (Å²) in [5.74, 6) is 0.322. The average molecular weight is 210 g/mol. The molecule has 15 heavy (non-hydrogen) atoms. The molecule has 0 N–H and O–H groups in total. The minimum Gasteiger partial charge on any atom is -0.462 e. The number of hydrogen-bond acceptors (Lipinski definition) is 2. The minimum absolute atomic E-state index is 0.0987. The van der Waals surface area contributed by atoms with Gasteiger partial charge in [-0.3, -0.25) is 4.79 Å². The summed E-state index contributed by atoms with van der Waals surface area (Å²) in [6, 6.07) is 0. The summed E-state index contributed by atoms with van der Waals surface area (Å²) in [5.41, 5.74) is 0. The van der Waals surface area contributed by atoms with Crippen LogP contribution in [0.4, 0.5) is 0 Å². The average Bonchev–Trinajstić information content (AvgIpc) is 2.31. The van der Waals surface area contributed by atoms with Gasteiger partial charge < -0.3 is 4.74 Å². The minimum atomic E-state index is 0.0987. The number of carbonyl (C=O) groups is 1. The summed E-state index contributed by atoms with van der Waals surface area (Å²) in [6.45, 7) is 0. The second kappa shape index (κ2) is 5.53. The van der Waals surface area contributed by atoms with Gasteiger partial charge in [-0.2, -0.15) is 0 Å². The van der Waals surface area contributed by atoms with Crippen LogP contribution in [0.5, 0.6) is 0 Å². The molecule has 0 aliphatic heterocycles. The van der Waals surface area contributed by atoms with Crippen molar-refractivity contribution in [3.63, 3.8) is 0 Å². The van der Waals surface area contributed by atoms with Crippen LogP contribution in [0.2, 0.25) is 0 Å². The van der Waals surface area contributed by atoms with Gasteiger partial charge in [0.2, 0.25) is 0 Å². The Kier molecular flexibility index (Phi) is 4.04. The molecule has 86 valence electrons. The maximum Gasteiger partial charge on any atom is 0.309 e. The first-order valence-corrected chi connectivity index (χ1v) is 6.57. The zero-order valence-corrected chi connectivity index (χ0v) is 9.54. The molecule has 2 aliphatic rings. The third kappa shape index (κ3) is 3.22. The number of ether oxygens (including phenoxy) is 1. The van der Waals surface area contributed by atoms with Gasteiger partial charge in [0.25, 0.3) is 0 Å². The van der Waals surface area contributed by atoms with E-state index < -0.39 is 0 Å². The van der Waals surface area contributed by atoms with E-state index in [0.717, 1.165) is 25.7 Å². The molecule has 0 aromatic carbocycles. The van der Waals surface area contributed by atoms with Crippen molar-refractivity contribution in [3.8, 4) is 0 Å². The van der Waals surface area contributed by atoms with E-state index in [-0.39, 0.29) is 18.0 Å². The van der Waals surface area contributed by atoms with Crippen molar-refractivity contribution in [1.82, 2.24) is 0 Å². The second-order valence-corrected chi connectivity index (χ2v) is 5.03. The van der Waals surface area contributed by atoms with E-state index in [2.05, 4.69) is 0 Å². The van der Waals surface area contributed by atoms with E-state index in [9.17, 15) is 4.79 Å². The van der Waals surface area contributed by atoms with E-state index in [4.69, 9.17) is 4.74 Å². The Bertz CT molecular complexity index is 201. The van der Waals surface area contributed by atoms with E-state index in [1.54, 1.807) is 0 Å². The van der Waals surface area contributed by atoms with E-state index in [1.165, 1.54) is 38.5 Å². The van der Waals surface area contributed by atoms with E-state index in [0.29, 0.717) is 0 Å². The Labute approximate surface area is 92.4 Å². The predicted octanol–water partition coefficient (Wildman–Crippen LogP) is 3.44. The van der Waals surface area contributed by atoms with Crippen LogP contribution in [0, 0.1) is 5.92 Å². The Hall–Kier alpha value is -0.530. The molecular weight excluding hydrogens is 188 g/mol. The second-order valence-electron chi connectivity index (χ2n) is 5.03. The van der Waals surface area contributed by atoms with Gasteiger partial charge in [-0.15, -0.1) is 0 Å². The van der Waals surface area contributed by atoms with Crippen molar-refractivity contribution in [3.05, 3.63) is 0 Å². The molecule has 2 heteroatoms. The van der Waals surface area contributed by atoms with Gasteiger partial charge in [0.15, 0.2) is 0 Å². The third-order valence-electron chi connectivity index (χ3n) is 3.77. The van der Waals surface area contributed by atoms with Crippen molar-refractivity contribution in [1.29, 1.82) is 0 Å². The molecule has 2 fully saturated rings. The molecule has 0 saturated heterocycles. The van der Waals surface area contributed by atoms with Crippen molar-refractivity contribution in [2.45, 2.75) is 70.3 Å². The molecule has 0 aromatic heterocycles. The summed E-state index contributed by atoms with van der Waals surface area (Å²) < 4.78 is 5.59. The molecule has 0 amide bonds. The highest BCUT2D eigenvalue weighted by atomic mass is 16.5. The fourth-order valence-corrected chi connectivity index (χ4v) is 2.78. The van der Waals surface area contributed by atoms with Crippen LogP contribution >= 0.6 is 0 Å². The number of esters is 1. The highest BCUT2D eigenvalue weighted by Crippen LogP contribution is 2.27. The first-order chi connectivity index (χ1) is 7.36. The molecule has 2 rings (SSSR count). The molecule has 2 nitrogen and oxygen atoms in total. The fourth-order valence-electron chi connectivity index (χ4n) is 2.78. The highest BCUT2D eigenvalue weighted by molar-refractivity contribution is 5.72. The molecule has 0 unspecified atom stereocenters. The molecule has 2 aliphatic carbocycles. The van der Waals surface area contributed by atoms with Gasteiger partial charge >= 0.3 is 5.97 Å². The molecule has 0 atom stereocenters. The zero-order chi connectivity index (χ0) is 10.5. The Balaban J connectivity index is 1.74. The van der Waals surface area contributed by atoms with Crippen molar-refractivity contribution in [2.75, 3.05) is 0 Å². The first kappa shape index (κ1) is 11.0. The Morgan fingerprint density at radius 1 is 0.800 bits per heavy atom. The normalized spacial score (nSPS) is 25.1. The molecule has 0 aromatic rings. The lowest BCUT2D eigenvalue weighted by molar-refractivity contribution is -0.156. The van der Waals surface area contributed by atoms with Crippen molar-refractivity contribution >= 4 is 5.97 Å². The quantitative estimate of drug-likeness (QED) is 0.653. The lowest BCUT2D eigenvalue weighted by atomic mass is 9.89. The molecular formula is C13H22O2. The van der Waals surface area contributed by atoms with Gasteiger partial charge in [-0.1, -0.05) is 25.7 Å². The van der Waals surface area contributed by atoms with Crippen molar-refractivity contribution in [2.24, 2.45) is 5.92 Å². The monoisotopic (exact) mass is 210 g/mol. The third-order valence-corrected chi connectivity index (χ3v) is 3.77. The Morgan fingerprint density at radius 2 is 1.33 bits per heavy atom. The number of carbonyl (C=O) groups excluding carboxylic acids is 1. The van der Waals surface area contributed by atoms with Gasteiger partial charge in [0, 0.05) is 0 Å². The SMILES string of the molecule is O=C(OC1CCCCC1)C1CCCCC1. The Morgan fingerprint density at radius 3 is 1.93 bits per heavy atom. The van der Waals surface area contributed by atoms with Crippen LogP contribution in [0.1, 0.15) is 64.2 Å².